The van der Waals surface area contributed by atoms with Crippen LogP contribution in [0.1, 0.15) is 46.7 Å². The molecule has 0 radical (unpaired) electrons. The van der Waals surface area contributed by atoms with E-state index in [1.54, 1.807) is 0 Å². The number of para-hydroxylation sites is 1. The minimum Gasteiger partial charge on any atom is -0.455 e. The summed E-state index contributed by atoms with van der Waals surface area (Å²) < 4.78 is 11.4. The molecule has 2 aliphatic rings. The molecule has 2 aromatic rings. The number of hydrogen-bond donors (Lipinski definition) is 3. The van der Waals surface area contributed by atoms with Crippen molar-refractivity contribution >= 4 is 34.6 Å². The van der Waals surface area contributed by atoms with Crippen LogP contribution in [-0.4, -0.2) is 61.0 Å². The number of hydrogen-bond acceptors (Lipinski definition) is 6. The zero-order valence-corrected chi connectivity index (χ0v) is 19.8. The Hall–Kier alpha value is -2.75. The number of hydrazone groups is 1. The van der Waals surface area contributed by atoms with Gasteiger partial charge in [0.15, 0.2) is 10.9 Å². The number of fused-ring (bicyclic) bond motifs is 1. The molecular formula is C24H31N5O3S. The predicted octanol–water partition coefficient (Wildman–Crippen LogP) is 3.07. The number of anilines is 1. The molecular weight excluding hydrogens is 438 g/mol. The summed E-state index contributed by atoms with van der Waals surface area (Å²) in [5.74, 6) is 1.03. The van der Waals surface area contributed by atoms with Gasteiger partial charge in [0.25, 0.3) is 5.91 Å². The van der Waals surface area contributed by atoms with Gasteiger partial charge in [-0.1, -0.05) is 18.2 Å². The van der Waals surface area contributed by atoms with Gasteiger partial charge >= 0.3 is 0 Å². The van der Waals surface area contributed by atoms with Gasteiger partial charge in [-0.3, -0.25) is 15.1 Å². The van der Waals surface area contributed by atoms with E-state index < -0.39 is 0 Å². The van der Waals surface area contributed by atoms with E-state index in [0.29, 0.717) is 17.4 Å². The number of nitrogens with zero attached hydrogens (tertiary/aromatic N) is 2. The number of thiocarbonyl (C=S) groups is 1. The van der Waals surface area contributed by atoms with Crippen LogP contribution in [0.5, 0.6) is 0 Å². The molecule has 4 rings (SSSR count). The van der Waals surface area contributed by atoms with E-state index in [2.05, 4.69) is 26.1 Å². The van der Waals surface area contributed by atoms with Crippen molar-refractivity contribution in [3.05, 3.63) is 53.0 Å². The molecule has 1 saturated heterocycles. The highest BCUT2D eigenvalue weighted by molar-refractivity contribution is 7.80. The Morgan fingerprint density at radius 2 is 1.97 bits per heavy atom. The predicted molar refractivity (Wildman–Crippen MR) is 133 cm³/mol. The lowest BCUT2D eigenvalue weighted by Crippen LogP contribution is -2.38. The first-order chi connectivity index (χ1) is 16.1. The number of aryl methyl sites for hydroxylation is 1. The average molecular weight is 470 g/mol. The first-order valence-electron chi connectivity index (χ1n) is 11.5. The van der Waals surface area contributed by atoms with Crippen LogP contribution < -0.4 is 16.1 Å². The molecule has 3 N–H and O–H groups in total. The fraction of sp³-hybridized carbons (Fsp3) is 0.458. The van der Waals surface area contributed by atoms with Crippen LogP contribution >= 0.6 is 12.2 Å². The normalized spacial score (nSPS) is 17.4. The second-order valence-corrected chi connectivity index (χ2v) is 8.67. The van der Waals surface area contributed by atoms with Crippen molar-refractivity contribution < 1.29 is 13.9 Å². The number of furan rings is 1. The Balaban J connectivity index is 1.34. The summed E-state index contributed by atoms with van der Waals surface area (Å²) in [7, 11) is 0. The maximum atomic E-state index is 12.8. The topological polar surface area (TPSA) is 91.1 Å². The van der Waals surface area contributed by atoms with E-state index in [1.165, 1.54) is 0 Å². The van der Waals surface area contributed by atoms with Crippen LogP contribution in [0.2, 0.25) is 0 Å². The molecule has 2 heterocycles. The summed E-state index contributed by atoms with van der Waals surface area (Å²) in [6.07, 6.45) is 3.41. The second kappa shape index (κ2) is 11.4. The molecule has 0 unspecified atom stereocenters. The number of carbonyl (C=O) groups excluding carboxylic acids is 1. The minimum absolute atomic E-state index is 0.169. The zero-order chi connectivity index (χ0) is 23.0. The molecule has 0 spiro atoms. The van der Waals surface area contributed by atoms with Gasteiger partial charge < -0.3 is 19.8 Å². The van der Waals surface area contributed by atoms with Gasteiger partial charge in [0.1, 0.15) is 5.76 Å². The smallest absolute Gasteiger partial charge is 0.287 e. The van der Waals surface area contributed by atoms with Crippen molar-refractivity contribution in [1.29, 1.82) is 0 Å². The Labute approximate surface area is 199 Å². The standard InChI is InChI=1S/C24H31N5O3S/c1-17-21-19(27-28-24(33)26-18-7-3-2-4-8-18)9-5-10-20(21)32-22(17)23(30)25-11-6-12-29-13-15-31-16-14-29/h2-4,7-8H,5-6,9-16H2,1H3,(H,25,30)(H2,26,28,33)/b27-19+. The van der Waals surface area contributed by atoms with Gasteiger partial charge in [0.2, 0.25) is 0 Å². The maximum absolute atomic E-state index is 12.8. The minimum atomic E-state index is -0.169. The fourth-order valence-corrected chi connectivity index (χ4v) is 4.37. The molecule has 0 bridgehead atoms. The quantitative estimate of drug-likeness (QED) is 0.326. The summed E-state index contributed by atoms with van der Waals surface area (Å²) in [6.45, 7) is 6.98. The lowest BCUT2D eigenvalue weighted by Gasteiger charge is -2.26. The summed E-state index contributed by atoms with van der Waals surface area (Å²) >= 11 is 5.36. The molecule has 1 amide bonds. The Morgan fingerprint density at radius 3 is 2.76 bits per heavy atom. The third-order valence-electron chi connectivity index (χ3n) is 5.90. The summed E-state index contributed by atoms with van der Waals surface area (Å²) in [5, 5.41) is 11.1. The van der Waals surface area contributed by atoms with Gasteiger partial charge in [-0.15, -0.1) is 0 Å². The van der Waals surface area contributed by atoms with Crippen molar-refractivity contribution in [3.63, 3.8) is 0 Å². The first-order valence-corrected chi connectivity index (χ1v) is 11.9. The van der Waals surface area contributed by atoms with Crippen LogP contribution in [0.3, 0.4) is 0 Å². The molecule has 1 fully saturated rings. The molecule has 9 heteroatoms. The van der Waals surface area contributed by atoms with E-state index in [-0.39, 0.29) is 5.91 Å². The summed E-state index contributed by atoms with van der Waals surface area (Å²) in [6, 6.07) is 9.70. The van der Waals surface area contributed by atoms with E-state index in [4.69, 9.17) is 21.4 Å². The molecule has 1 aliphatic carbocycles. The largest absolute Gasteiger partial charge is 0.455 e. The zero-order valence-electron chi connectivity index (χ0n) is 19.0. The van der Waals surface area contributed by atoms with Crippen molar-refractivity contribution in [2.45, 2.75) is 32.6 Å². The molecule has 1 aromatic carbocycles. The SMILES string of the molecule is Cc1c(C(=O)NCCCN2CCOCC2)oc2c1/C(=N/NC(=S)Nc1ccccc1)CCC2. The van der Waals surface area contributed by atoms with Crippen LogP contribution in [0.4, 0.5) is 5.69 Å². The number of carbonyl (C=O) groups is 1. The maximum Gasteiger partial charge on any atom is 0.287 e. The lowest BCUT2D eigenvalue weighted by atomic mass is 9.93. The Morgan fingerprint density at radius 1 is 1.18 bits per heavy atom. The highest BCUT2D eigenvalue weighted by atomic mass is 32.1. The van der Waals surface area contributed by atoms with Crippen molar-refractivity contribution in [3.8, 4) is 0 Å². The monoisotopic (exact) mass is 469 g/mol. The summed E-state index contributed by atoms with van der Waals surface area (Å²) in [4.78, 5) is 15.1. The van der Waals surface area contributed by atoms with Gasteiger partial charge in [0, 0.05) is 42.9 Å². The van der Waals surface area contributed by atoms with Crippen molar-refractivity contribution in [2.24, 2.45) is 5.10 Å². The third kappa shape index (κ3) is 6.19. The van der Waals surface area contributed by atoms with Crippen molar-refractivity contribution in [2.75, 3.05) is 44.7 Å². The Bertz CT molecular complexity index is 999. The van der Waals surface area contributed by atoms with Gasteiger partial charge in [-0.05, 0) is 57.1 Å². The van der Waals surface area contributed by atoms with Gasteiger partial charge in [0.05, 0.1) is 18.9 Å². The van der Waals surface area contributed by atoms with Crippen LogP contribution in [-0.2, 0) is 11.2 Å². The molecule has 1 aromatic heterocycles. The number of benzene rings is 1. The molecule has 176 valence electrons. The number of nitrogens with one attached hydrogen (secondary N) is 3. The van der Waals surface area contributed by atoms with E-state index in [9.17, 15) is 4.79 Å². The summed E-state index contributed by atoms with van der Waals surface area (Å²) in [5.41, 5.74) is 6.45. The molecule has 0 saturated carbocycles. The second-order valence-electron chi connectivity index (χ2n) is 8.26. The number of rotatable bonds is 7. The first kappa shape index (κ1) is 23.4. The number of morpholine rings is 1. The molecule has 8 nitrogen and oxygen atoms in total. The van der Waals surface area contributed by atoms with Crippen LogP contribution in [0.25, 0.3) is 0 Å². The van der Waals surface area contributed by atoms with Gasteiger partial charge in [-0.25, -0.2) is 0 Å². The van der Waals surface area contributed by atoms with E-state index in [1.807, 2.05) is 37.3 Å². The Kier molecular flexibility index (Phi) is 8.09. The van der Waals surface area contributed by atoms with Crippen LogP contribution in [0.15, 0.2) is 39.9 Å². The molecule has 33 heavy (non-hydrogen) atoms. The van der Waals surface area contributed by atoms with Crippen molar-refractivity contribution in [1.82, 2.24) is 15.6 Å². The highest BCUT2D eigenvalue weighted by Gasteiger charge is 2.28. The molecule has 0 atom stereocenters. The lowest BCUT2D eigenvalue weighted by molar-refractivity contribution is 0.0374. The number of amides is 1. The average Bonchev–Trinajstić information content (AvgIpc) is 3.19. The van der Waals surface area contributed by atoms with E-state index in [0.717, 1.165) is 86.8 Å². The fourth-order valence-electron chi connectivity index (χ4n) is 4.21. The molecule has 1 aliphatic heterocycles. The number of ether oxygens (including phenoxy) is 1. The van der Waals surface area contributed by atoms with Gasteiger partial charge in [-0.2, -0.15) is 5.10 Å². The van der Waals surface area contributed by atoms with E-state index >= 15 is 0 Å². The third-order valence-corrected chi connectivity index (χ3v) is 6.09. The van der Waals surface area contributed by atoms with Crippen LogP contribution in [0, 0.1) is 6.92 Å². The highest BCUT2D eigenvalue weighted by Crippen LogP contribution is 2.29.